The third-order valence-electron chi connectivity index (χ3n) is 3.27. The lowest BCUT2D eigenvalue weighted by atomic mass is 9.93. The van der Waals surface area contributed by atoms with E-state index in [4.69, 9.17) is 0 Å². The van der Waals surface area contributed by atoms with E-state index in [9.17, 15) is 0 Å². The van der Waals surface area contributed by atoms with Crippen molar-refractivity contribution in [3.8, 4) is 0 Å². The van der Waals surface area contributed by atoms with Gasteiger partial charge in [-0.15, -0.1) is 0 Å². The zero-order valence-corrected chi connectivity index (χ0v) is 12.8. The van der Waals surface area contributed by atoms with Gasteiger partial charge >= 0.3 is 0 Å². The van der Waals surface area contributed by atoms with Crippen molar-refractivity contribution in [2.24, 2.45) is 5.41 Å². The summed E-state index contributed by atoms with van der Waals surface area (Å²) < 4.78 is 0. The first-order chi connectivity index (χ1) is 10.2. The summed E-state index contributed by atoms with van der Waals surface area (Å²) in [5, 5.41) is 6.95. The Labute approximate surface area is 127 Å². The molecule has 0 aromatic carbocycles. The molecule has 2 rings (SSSR count). The van der Waals surface area contributed by atoms with E-state index in [-0.39, 0.29) is 5.41 Å². The Hall–Kier alpha value is -1.78. The van der Waals surface area contributed by atoms with Crippen LogP contribution in [-0.2, 0) is 13.1 Å². The largest absolute Gasteiger partial charge is 0.311 e. The number of rotatable bonds is 8. The van der Waals surface area contributed by atoms with Crippen molar-refractivity contribution in [2.45, 2.75) is 26.9 Å². The Morgan fingerprint density at radius 2 is 1.29 bits per heavy atom. The van der Waals surface area contributed by atoms with Crippen LogP contribution in [0, 0.1) is 5.41 Å². The van der Waals surface area contributed by atoms with Gasteiger partial charge in [0.05, 0.1) is 11.4 Å². The maximum Gasteiger partial charge on any atom is 0.0541 e. The molecule has 2 aromatic heterocycles. The molecule has 0 aliphatic carbocycles. The molecule has 0 unspecified atom stereocenters. The van der Waals surface area contributed by atoms with E-state index in [0.717, 1.165) is 37.6 Å². The molecule has 2 heterocycles. The molecule has 0 fully saturated rings. The highest BCUT2D eigenvalue weighted by atomic mass is 14.9. The van der Waals surface area contributed by atoms with Crippen LogP contribution in [0.2, 0.25) is 0 Å². The molecule has 0 aliphatic heterocycles. The summed E-state index contributed by atoms with van der Waals surface area (Å²) in [5.41, 5.74) is 2.34. The molecular formula is C17H24N4. The molecule has 21 heavy (non-hydrogen) atoms. The molecule has 0 atom stereocenters. The summed E-state index contributed by atoms with van der Waals surface area (Å²) in [6, 6.07) is 12.0. The van der Waals surface area contributed by atoms with Crippen molar-refractivity contribution in [1.29, 1.82) is 0 Å². The first kappa shape index (κ1) is 15.6. The van der Waals surface area contributed by atoms with E-state index in [1.54, 1.807) is 0 Å². The van der Waals surface area contributed by atoms with Crippen LogP contribution >= 0.6 is 0 Å². The molecule has 4 heteroatoms. The van der Waals surface area contributed by atoms with Crippen molar-refractivity contribution in [2.75, 3.05) is 13.1 Å². The fourth-order valence-electron chi connectivity index (χ4n) is 2.13. The van der Waals surface area contributed by atoms with Gasteiger partial charge < -0.3 is 10.6 Å². The lowest BCUT2D eigenvalue weighted by Crippen LogP contribution is -2.37. The molecule has 2 N–H and O–H groups in total. The van der Waals surface area contributed by atoms with E-state index in [1.807, 2.05) is 48.8 Å². The second kappa shape index (κ2) is 7.86. The second-order valence-electron chi connectivity index (χ2n) is 6.01. The molecule has 0 bridgehead atoms. The summed E-state index contributed by atoms with van der Waals surface area (Å²) in [6.07, 6.45) is 3.66. The summed E-state index contributed by atoms with van der Waals surface area (Å²) in [4.78, 5) is 8.63. The average molecular weight is 284 g/mol. The Morgan fingerprint density at radius 3 is 1.67 bits per heavy atom. The topological polar surface area (TPSA) is 49.8 Å². The minimum Gasteiger partial charge on any atom is -0.311 e. The Bertz CT molecular complexity index is 463. The van der Waals surface area contributed by atoms with Crippen LogP contribution in [0.15, 0.2) is 48.8 Å². The highest BCUT2D eigenvalue weighted by Gasteiger charge is 2.16. The number of pyridine rings is 2. The molecule has 2 aromatic rings. The highest BCUT2D eigenvalue weighted by Crippen LogP contribution is 2.12. The summed E-state index contributed by atoms with van der Waals surface area (Å²) in [7, 11) is 0. The lowest BCUT2D eigenvalue weighted by Gasteiger charge is -2.25. The number of hydrogen-bond donors (Lipinski definition) is 2. The molecule has 0 saturated carbocycles. The predicted molar refractivity (Wildman–Crippen MR) is 85.7 cm³/mol. The zero-order valence-electron chi connectivity index (χ0n) is 12.8. The maximum atomic E-state index is 4.31. The van der Waals surface area contributed by atoms with Crippen LogP contribution in [0.1, 0.15) is 25.2 Å². The summed E-state index contributed by atoms with van der Waals surface area (Å²) in [5.74, 6) is 0. The maximum absolute atomic E-state index is 4.31. The van der Waals surface area contributed by atoms with E-state index in [1.165, 1.54) is 0 Å². The first-order valence-corrected chi connectivity index (χ1v) is 7.37. The fourth-order valence-corrected chi connectivity index (χ4v) is 2.13. The van der Waals surface area contributed by atoms with Crippen molar-refractivity contribution >= 4 is 0 Å². The number of hydrogen-bond acceptors (Lipinski definition) is 4. The normalized spacial score (nSPS) is 11.5. The van der Waals surface area contributed by atoms with E-state index < -0.39 is 0 Å². The Balaban J connectivity index is 1.67. The number of aromatic nitrogens is 2. The minimum absolute atomic E-state index is 0.184. The third kappa shape index (κ3) is 6.02. The Kier molecular flexibility index (Phi) is 5.84. The first-order valence-electron chi connectivity index (χ1n) is 7.37. The van der Waals surface area contributed by atoms with Crippen molar-refractivity contribution in [3.05, 3.63) is 60.2 Å². The van der Waals surface area contributed by atoms with Gasteiger partial charge in [-0.25, -0.2) is 0 Å². The van der Waals surface area contributed by atoms with Gasteiger partial charge in [0.2, 0.25) is 0 Å². The molecular weight excluding hydrogens is 260 g/mol. The highest BCUT2D eigenvalue weighted by molar-refractivity contribution is 5.04. The molecule has 0 spiro atoms. The molecule has 4 nitrogen and oxygen atoms in total. The molecule has 0 aliphatic rings. The van der Waals surface area contributed by atoms with Crippen molar-refractivity contribution < 1.29 is 0 Å². The monoisotopic (exact) mass is 284 g/mol. The predicted octanol–water partition coefficient (Wildman–Crippen LogP) is 2.38. The second-order valence-corrected chi connectivity index (χ2v) is 6.01. The summed E-state index contributed by atoms with van der Waals surface area (Å²) in [6.45, 7) is 8.01. The zero-order chi connectivity index (χ0) is 15.0. The Morgan fingerprint density at radius 1 is 0.810 bits per heavy atom. The lowest BCUT2D eigenvalue weighted by molar-refractivity contribution is 0.318. The van der Waals surface area contributed by atoms with Crippen LogP contribution in [0.5, 0.6) is 0 Å². The van der Waals surface area contributed by atoms with Crippen LogP contribution in [0.25, 0.3) is 0 Å². The smallest absolute Gasteiger partial charge is 0.0541 e. The van der Waals surface area contributed by atoms with Gasteiger partial charge in [-0.1, -0.05) is 26.0 Å². The summed E-state index contributed by atoms with van der Waals surface area (Å²) >= 11 is 0. The van der Waals surface area contributed by atoms with E-state index >= 15 is 0 Å². The molecule has 0 amide bonds. The van der Waals surface area contributed by atoms with E-state index in [0.29, 0.717) is 0 Å². The van der Waals surface area contributed by atoms with Crippen molar-refractivity contribution in [1.82, 2.24) is 20.6 Å². The standard InChI is InChI=1S/C17H24N4/c1-17(2,13-18-11-15-7-3-5-9-20-15)14-19-12-16-8-4-6-10-21-16/h3-10,18-19H,11-14H2,1-2H3. The van der Waals surface area contributed by atoms with Crippen LogP contribution in [-0.4, -0.2) is 23.1 Å². The van der Waals surface area contributed by atoms with Crippen LogP contribution in [0.3, 0.4) is 0 Å². The average Bonchev–Trinajstić information content (AvgIpc) is 2.49. The van der Waals surface area contributed by atoms with Crippen LogP contribution in [0.4, 0.5) is 0 Å². The molecule has 0 saturated heterocycles. The third-order valence-corrected chi connectivity index (χ3v) is 3.27. The van der Waals surface area contributed by atoms with Gasteiger partial charge in [-0.3, -0.25) is 9.97 Å². The van der Waals surface area contributed by atoms with Gasteiger partial charge in [0.1, 0.15) is 0 Å². The van der Waals surface area contributed by atoms with Gasteiger partial charge in [-0.05, 0) is 29.7 Å². The molecule has 112 valence electrons. The molecule has 0 radical (unpaired) electrons. The number of nitrogens with one attached hydrogen (secondary N) is 2. The minimum atomic E-state index is 0.184. The van der Waals surface area contributed by atoms with Gasteiger partial charge in [0.25, 0.3) is 0 Å². The van der Waals surface area contributed by atoms with Crippen LogP contribution < -0.4 is 10.6 Å². The van der Waals surface area contributed by atoms with E-state index in [2.05, 4.69) is 34.4 Å². The SMILES string of the molecule is CC(C)(CNCc1ccccn1)CNCc1ccccn1. The fraction of sp³-hybridized carbons (Fsp3) is 0.412. The van der Waals surface area contributed by atoms with Gasteiger partial charge in [0, 0.05) is 38.6 Å². The van der Waals surface area contributed by atoms with Gasteiger partial charge in [0.15, 0.2) is 0 Å². The number of nitrogens with zero attached hydrogens (tertiary/aromatic N) is 2. The van der Waals surface area contributed by atoms with Gasteiger partial charge in [-0.2, -0.15) is 0 Å². The van der Waals surface area contributed by atoms with Crippen molar-refractivity contribution in [3.63, 3.8) is 0 Å². The quantitative estimate of drug-likeness (QED) is 0.781.